The standard InChI is InChI=1S/C19H28N4O4/c1-18(2,3)27-17(26)23-19(4,5)11-14(24)21-13-9-8-12-7-6-10-20-15(12)22-16(13)25/h6-7,10,13H,8-9,11H2,1-5H3,(H,21,24)(H,23,26)(H,20,22,25). The SMILES string of the molecule is CC(C)(CC(=O)NC1CCc2cccnc2NC1=O)NC(=O)OC(C)(C)C. The second kappa shape index (κ2) is 7.94. The first-order valence-electron chi connectivity index (χ1n) is 9.00. The van der Waals surface area contributed by atoms with E-state index in [0.29, 0.717) is 18.7 Å². The van der Waals surface area contributed by atoms with E-state index in [2.05, 4.69) is 20.9 Å². The maximum atomic E-state index is 12.4. The lowest BCUT2D eigenvalue weighted by molar-refractivity contribution is -0.127. The zero-order chi connectivity index (χ0) is 20.2. The van der Waals surface area contributed by atoms with Crippen LogP contribution in [-0.4, -0.2) is 40.1 Å². The van der Waals surface area contributed by atoms with Gasteiger partial charge in [0.2, 0.25) is 11.8 Å². The van der Waals surface area contributed by atoms with Crippen molar-refractivity contribution < 1.29 is 19.1 Å². The van der Waals surface area contributed by atoms with Crippen LogP contribution in [0.1, 0.15) is 53.0 Å². The number of ether oxygens (including phenoxy) is 1. The van der Waals surface area contributed by atoms with Crippen molar-refractivity contribution in [3.63, 3.8) is 0 Å². The molecule has 3 amide bonds. The van der Waals surface area contributed by atoms with Crippen LogP contribution in [0, 0.1) is 0 Å². The molecule has 148 valence electrons. The summed E-state index contributed by atoms with van der Waals surface area (Å²) in [5, 5.41) is 8.18. The molecule has 0 fully saturated rings. The number of amides is 3. The van der Waals surface area contributed by atoms with Crippen LogP contribution in [0.2, 0.25) is 0 Å². The number of hydrogen-bond donors (Lipinski definition) is 3. The Morgan fingerprint density at radius 2 is 2.00 bits per heavy atom. The highest BCUT2D eigenvalue weighted by atomic mass is 16.6. The van der Waals surface area contributed by atoms with E-state index < -0.39 is 23.3 Å². The average molecular weight is 376 g/mol. The molecule has 0 aromatic carbocycles. The largest absolute Gasteiger partial charge is 0.444 e. The molecule has 8 heteroatoms. The number of aryl methyl sites for hydroxylation is 1. The van der Waals surface area contributed by atoms with Gasteiger partial charge in [-0.3, -0.25) is 9.59 Å². The maximum absolute atomic E-state index is 12.4. The van der Waals surface area contributed by atoms with Gasteiger partial charge in [-0.2, -0.15) is 0 Å². The molecular formula is C19H28N4O4. The Bertz CT molecular complexity index is 725. The van der Waals surface area contributed by atoms with Gasteiger partial charge in [-0.05, 0) is 59.1 Å². The van der Waals surface area contributed by atoms with Crippen molar-refractivity contribution >= 4 is 23.7 Å². The molecule has 0 spiro atoms. The second-order valence-electron chi connectivity index (χ2n) is 8.35. The zero-order valence-corrected chi connectivity index (χ0v) is 16.5. The minimum atomic E-state index is -0.821. The normalized spacial score (nSPS) is 17.2. The Hall–Kier alpha value is -2.64. The van der Waals surface area contributed by atoms with Gasteiger partial charge in [-0.15, -0.1) is 0 Å². The number of aromatic nitrogens is 1. The fourth-order valence-electron chi connectivity index (χ4n) is 2.80. The molecule has 0 saturated carbocycles. The van der Waals surface area contributed by atoms with Crippen LogP contribution in [0.4, 0.5) is 10.6 Å². The summed E-state index contributed by atoms with van der Waals surface area (Å²) in [6, 6.07) is 3.07. The first kappa shape index (κ1) is 20.7. The van der Waals surface area contributed by atoms with Gasteiger partial charge in [0, 0.05) is 18.2 Å². The summed E-state index contributed by atoms with van der Waals surface area (Å²) in [5.74, 6) is -0.0833. The van der Waals surface area contributed by atoms with Gasteiger partial charge in [0.1, 0.15) is 17.5 Å². The van der Waals surface area contributed by atoms with Crippen molar-refractivity contribution in [1.29, 1.82) is 0 Å². The van der Waals surface area contributed by atoms with E-state index in [0.717, 1.165) is 5.56 Å². The number of anilines is 1. The van der Waals surface area contributed by atoms with Crippen LogP contribution in [-0.2, 0) is 20.7 Å². The summed E-state index contributed by atoms with van der Waals surface area (Å²) in [5.41, 5.74) is -0.503. The molecule has 2 rings (SSSR count). The van der Waals surface area contributed by atoms with Gasteiger partial charge < -0.3 is 20.7 Å². The van der Waals surface area contributed by atoms with E-state index in [1.807, 2.05) is 12.1 Å². The van der Waals surface area contributed by atoms with Crippen molar-refractivity contribution in [3.8, 4) is 0 Å². The van der Waals surface area contributed by atoms with E-state index in [4.69, 9.17) is 4.74 Å². The molecule has 0 aliphatic carbocycles. The van der Waals surface area contributed by atoms with Gasteiger partial charge in [-0.25, -0.2) is 9.78 Å². The molecule has 0 saturated heterocycles. The molecule has 8 nitrogen and oxygen atoms in total. The van der Waals surface area contributed by atoms with Crippen LogP contribution < -0.4 is 16.0 Å². The number of carbonyl (C=O) groups is 3. The molecule has 3 N–H and O–H groups in total. The zero-order valence-electron chi connectivity index (χ0n) is 16.5. The van der Waals surface area contributed by atoms with Crippen molar-refractivity contribution in [2.24, 2.45) is 0 Å². The minimum absolute atomic E-state index is 0.0151. The molecule has 0 bridgehead atoms. The predicted molar refractivity (Wildman–Crippen MR) is 101 cm³/mol. The smallest absolute Gasteiger partial charge is 0.408 e. The fraction of sp³-hybridized carbons (Fsp3) is 0.579. The van der Waals surface area contributed by atoms with Crippen molar-refractivity contribution in [1.82, 2.24) is 15.6 Å². The monoisotopic (exact) mass is 376 g/mol. The molecular weight excluding hydrogens is 348 g/mol. The lowest BCUT2D eigenvalue weighted by Gasteiger charge is -2.28. The third-order valence-electron chi connectivity index (χ3n) is 3.93. The van der Waals surface area contributed by atoms with Crippen molar-refractivity contribution in [2.75, 3.05) is 5.32 Å². The van der Waals surface area contributed by atoms with E-state index in [-0.39, 0.29) is 18.2 Å². The lowest BCUT2D eigenvalue weighted by atomic mass is 9.99. The number of alkyl carbamates (subject to hydrolysis) is 1. The summed E-state index contributed by atoms with van der Waals surface area (Å²) in [7, 11) is 0. The number of nitrogens with one attached hydrogen (secondary N) is 3. The van der Waals surface area contributed by atoms with Gasteiger partial charge in [-0.1, -0.05) is 6.07 Å². The summed E-state index contributed by atoms with van der Waals surface area (Å²) in [4.78, 5) is 40.9. The Labute approximate surface area is 159 Å². The molecule has 27 heavy (non-hydrogen) atoms. The van der Waals surface area contributed by atoms with Crippen LogP contribution in [0.25, 0.3) is 0 Å². The van der Waals surface area contributed by atoms with E-state index >= 15 is 0 Å². The van der Waals surface area contributed by atoms with E-state index in [1.165, 1.54) is 0 Å². The third-order valence-corrected chi connectivity index (χ3v) is 3.93. The number of carbonyl (C=O) groups excluding carboxylic acids is 3. The summed E-state index contributed by atoms with van der Waals surface area (Å²) in [6.07, 6.45) is 2.15. The summed E-state index contributed by atoms with van der Waals surface area (Å²) >= 11 is 0. The highest BCUT2D eigenvalue weighted by Gasteiger charge is 2.30. The Morgan fingerprint density at radius 1 is 1.30 bits per heavy atom. The molecule has 0 radical (unpaired) electrons. The maximum Gasteiger partial charge on any atom is 0.408 e. The highest BCUT2D eigenvalue weighted by molar-refractivity contribution is 5.97. The van der Waals surface area contributed by atoms with Crippen LogP contribution in [0.5, 0.6) is 0 Å². The van der Waals surface area contributed by atoms with Gasteiger partial charge >= 0.3 is 6.09 Å². The quantitative estimate of drug-likeness (QED) is 0.746. The molecule has 1 aromatic heterocycles. The lowest BCUT2D eigenvalue weighted by Crippen LogP contribution is -2.51. The van der Waals surface area contributed by atoms with Gasteiger partial charge in [0.15, 0.2) is 0 Å². The number of hydrogen-bond acceptors (Lipinski definition) is 5. The molecule has 1 aromatic rings. The number of rotatable bonds is 4. The predicted octanol–water partition coefficient (Wildman–Crippen LogP) is 2.14. The molecule has 1 atom stereocenters. The van der Waals surface area contributed by atoms with Crippen molar-refractivity contribution in [2.45, 2.75) is 71.1 Å². The van der Waals surface area contributed by atoms with Crippen LogP contribution >= 0.6 is 0 Å². The Morgan fingerprint density at radius 3 is 2.67 bits per heavy atom. The number of nitrogens with zero attached hydrogens (tertiary/aromatic N) is 1. The second-order valence-corrected chi connectivity index (χ2v) is 8.35. The Balaban J connectivity index is 1.91. The van der Waals surface area contributed by atoms with Crippen molar-refractivity contribution in [3.05, 3.63) is 23.9 Å². The highest BCUT2D eigenvalue weighted by Crippen LogP contribution is 2.19. The molecule has 1 aliphatic heterocycles. The fourth-order valence-corrected chi connectivity index (χ4v) is 2.80. The number of fused-ring (bicyclic) bond motifs is 1. The van der Waals surface area contributed by atoms with Crippen LogP contribution in [0.15, 0.2) is 18.3 Å². The van der Waals surface area contributed by atoms with E-state index in [1.54, 1.807) is 40.8 Å². The summed E-state index contributed by atoms with van der Waals surface area (Å²) < 4.78 is 5.22. The van der Waals surface area contributed by atoms with Gasteiger partial charge in [0.05, 0.1) is 0 Å². The number of pyridine rings is 1. The third kappa shape index (κ3) is 6.54. The molecule has 2 heterocycles. The van der Waals surface area contributed by atoms with Gasteiger partial charge in [0.25, 0.3) is 0 Å². The average Bonchev–Trinajstić information content (AvgIpc) is 2.63. The summed E-state index contributed by atoms with van der Waals surface area (Å²) in [6.45, 7) is 8.75. The minimum Gasteiger partial charge on any atom is -0.444 e. The Kier molecular flexibility index (Phi) is 6.08. The topological polar surface area (TPSA) is 109 Å². The first-order chi connectivity index (χ1) is 12.5. The van der Waals surface area contributed by atoms with E-state index in [9.17, 15) is 14.4 Å². The molecule has 1 unspecified atom stereocenters. The van der Waals surface area contributed by atoms with Crippen LogP contribution in [0.3, 0.4) is 0 Å². The first-order valence-corrected chi connectivity index (χ1v) is 9.00. The molecule has 1 aliphatic rings.